The molecule has 2 aromatic rings. The third-order valence-corrected chi connectivity index (χ3v) is 3.90. The van der Waals surface area contributed by atoms with Crippen molar-refractivity contribution in [2.45, 2.75) is 13.8 Å². The van der Waals surface area contributed by atoms with Crippen LogP contribution in [0.25, 0.3) is 0 Å². The van der Waals surface area contributed by atoms with E-state index in [4.69, 9.17) is 11.6 Å². The molecule has 0 aliphatic rings. The Morgan fingerprint density at radius 3 is 2.17 bits per heavy atom. The van der Waals surface area contributed by atoms with Gasteiger partial charge in [-0.3, -0.25) is 4.79 Å². The summed E-state index contributed by atoms with van der Waals surface area (Å²) < 4.78 is 0.793. The molecule has 3 heteroatoms. The van der Waals surface area contributed by atoms with E-state index in [0.717, 1.165) is 15.6 Å². The second kappa shape index (κ2) is 5.25. The standard InChI is InChI=1S/C15H12BrClO/c1-9-5-10(2)7-12(6-9)15(18)11-3-4-13(16)14(17)8-11/h3-8H,1-2H3. The van der Waals surface area contributed by atoms with Crippen molar-refractivity contribution in [3.63, 3.8) is 0 Å². The smallest absolute Gasteiger partial charge is 0.193 e. The molecule has 0 bridgehead atoms. The zero-order valence-electron chi connectivity index (χ0n) is 10.1. The van der Waals surface area contributed by atoms with Crippen LogP contribution in [-0.2, 0) is 0 Å². The topological polar surface area (TPSA) is 17.1 Å². The lowest BCUT2D eigenvalue weighted by atomic mass is 9.99. The first-order chi connectivity index (χ1) is 8.47. The van der Waals surface area contributed by atoms with Crippen molar-refractivity contribution in [3.05, 3.63) is 68.1 Å². The summed E-state index contributed by atoms with van der Waals surface area (Å²) in [5.74, 6) is -0.00352. The first-order valence-corrected chi connectivity index (χ1v) is 6.72. The van der Waals surface area contributed by atoms with Crippen molar-refractivity contribution in [1.82, 2.24) is 0 Å². The van der Waals surface area contributed by atoms with E-state index in [2.05, 4.69) is 15.9 Å². The van der Waals surface area contributed by atoms with Crippen LogP contribution in [0.3, 0.4) is 0 Å². The van der Waals surface area contributed by atoms with E-state index in [-0.39, 0.29) is 5.78 Å². The van der Waals surface area contributed by atoms with E-state index >= 15 is 0 Å². The molecule has 1 nitrogen and oxygen atoms in total. The highest BCUT2D eigenvalue weighted by Crippen LogP contribution is 2.24. The normalized spacial score (nSPS) is 10.4. The van der Waals surface area contributed by atoms with E-state index in [1.54, 1.807) is 18.2 Å². The molecule has 0 aromatic heterocycles. The van der Waals surface area contributed by atoms with Gasteiger partial charge < -0.3 is 0 Å². The van der Waals surface area contributed by atoms with Gasteiger partial charge in [0.05, 0.1) is 5.02 Å². The first kappa shape index (κ1) is 13.3. The van der Waals surface area contributed by atoms with Gasteiger partial charge in [0.15, 0.2) is 5.78 Å². The molecule has 0 aliphatic carbocycles. The molecule has 0 heterocycles. The highest BCUT2D eigenvalue weighted by molar-refractivity contribution is 9.10. The predicted octanol–water partition coefficient (Wildman–Crippen LogP) is 4.95. The van der Waals surface area contributed by atoms with Gasteiger partial charge in [0.2, 0.25) is 0 Å². The van der Waals surface area contributed by atoms with Crippen molar-refractivity contribution < 1.29 is 4.79 Å². The molecule has 0 atom stereocenters. The second-order valence-electron chi connectivity index (χ2n) is 4.33. The van der Waals surface area contributed by atoms with Crippen molar-refractivity contribution in [3.8, 4) is 0 Å². The molecule has 0 saturated heterocycles. The highest BCUT2D eigenvalue weighted by atomic mass is 79.9. The minimum Gasteiger partial charge on any atom is -0.289 e. The summed E-state index contributed by atoms with van der Waals surface area (Å²) >= 11 is 9.32. The summed E-state index contributed by atoms with van der Waals surface area (Å²) in [7, 11) is 0. The Labute approximate surface area is 120 Å². The largest absolute Gasteiger partial charge is 0.289 e. The van der Waals surface area contributed by atoms with Crippen molar-refractivity contribution in [1.29, 1.82) is 0 Å². The monoisotopic (exact) mass is 322 g/mol. The highest BCUT2D eigenvalue weighted by Gasteiger charge is 2.11. The minimum atomic E-state index is -0.00352. The maximum absolute atomic E-state index is 12.3. The number of aryl methyl sites for hydroxylation is 2. The van der Waals surface area contributed by atoms with Crippen molar-refractivity contribution in [2.75, 3.05) is 0 Å². The van der Waals surface area contributed by atoms with E-state index in [1.807, 2.05) is 32.0 Å². The summed E-state index contributed by atoms with van der Waals surface area (Å²) in [5, 5.41) is 0.547. The number of benzene rings is 2. The van der Waals surface area contributed by atoms with E-state index in [0.29, 0.717) is 16.1 Å². The molecule has 0 radical (unpaired) electrons. The summed E-state index contributed by atoms with van der Waals surface area (Å²) in [4.78, 5) is 12.3. The fourth-order valence-corrected chi connectivity index (χ4v) is 2.34. The van der Waals surface area contributed by atoms with Crippen LogP contribution in [0.4, 0.5) is 0 Å². The van der Waals surface area contributed by atoms with Gasteiger partial charge in [0, 0.05) is 15.6 Å². The predicted molar refractivity (Wildman–Crippen MR) is 78.5 cm³/mol. The fourth-order valence-electron chi connectivity index (χ4n) is 1.91. The number of hydrogen-bond acceptors (Lipinski definition) is 1. The van der Waals surface area contributed by atoms with Crippen LogP contribution in [0, 0.1) is 13.8 Å². The molecule has 92 valence electrons. The maximum Gasteiger partial charge on any atom is 0.193 e. The number of carbonyl (C=O) groups is 1. The molecule has 0 unspecified atom stereocenters. The molecule has 2 rings (SSSR count). The number of carbonyl (C=O) groups excluding carboxylic acids is 1. The Balaban J connectivity index is 2.44. The summed E-state index contributed by atoms with van der Waals surface area (Å²) in [6, 6.07) is 11.1. The van der Waals surface area contributed by atoms with Crippen LogP contribution in [0.1, 0.15) is 27.0 Å². The van der Waals surface area contributed by atoms with Crippen molar-refractivity contribution in [2.24, 2.45) is 0 Å². The summed E-state index contributed by atoms with van der Waals surface area (Å²) in [5.41, 5.74) is 3.47. The average Bonchev–Trinajstić information content (AvgIpc) is 2.30. The lowest BCUT2D eigenvalue weighted by Gasteiger charge is -2.05. The molecule has 0 spiro atoms. The van der Waals surface area contributed by atoms with Gasteiger partial charge >= 0.3 is 0 Å². The van der Waals surface area contributed by atoms with Gasteiger partial charge in [0.1, 0.15) is 0 Å². The minimum absolute atomic E-state index is 0.00352. The molecular formula is C15H12BrClO. The lowest BCUT2D eigenvalue weighted by molar-refractivity contribution is 0.103. The van der Waals surface area contributed by atoms with E-state index < -0.39 is 0 Å². The molecule has 0 fully saturated rings. The Bertz CT molecular complexity index is 600. The molecule has 2 aromatic carbocycles. The molecule has 0 amide bonds. The maximum atomic E-state index is 12.3. The van der Waals surface area contributed by atoms with Crippen LogP contribution in [-0.4, -0.2) is 5.78 Å². The molecular weight excluding hydrogens is 312 g/mol. The average molecular weight is 324 g/mol. The third-order valence-electron chi connectivity index (χ3n) is 2.67. The Morgan fingerprint density at radius 1 is 1.00 bits per heavy atom. The molecule has 0 N–H and O–H groups in total. The van der Waals surface area contributed by atoms with Gasteiger partial charge in [-0.15, -0.1) is 0 Å². The quantitative estimate of drug-likeness (QED) is 0.715. The summed E-state index contributed by atoms with van der Waals surface area (Å²) in [6.07, 6.45) is 0. The van der Waals surface area contributed by atoms with Gasteiger partial charge in [-0.05, 0) is 60.1 Å². The van der Waals surface area contributed by atoms with Crippen LogP contribution in [0.15, 0.2) is 40.9 Å². The van der Waals surface area contributed by atoms with Crippen LogP contribution >= 0.6 is 27.5 Å². The first-order valence-electron chi connectivity index (χ1n) is 5.55. The van der Waals surface area contributed by atoms with E-state index in [9.17, 15) is 4.79 Å². The number of hydrogen-bond donors (Lipinski definition) is 0. The molecule has 0 saturated carbocycles. The Morgan fingerprint density at radius 2 is 1.61 bits per heavy atom. The zero-order valence-corrected chi connectivity index (χ0v) is 12.5. The zero-order chi connectivity index (χ0) is 13.3. The number of rotatable bonds is 2. The van der Waals surface area contributed by atoms with E-state index in [1.165, 1.54) is 0 Å². The second-order valence-corrected chi connectivity index (χ2v) is 5.60. The Kier molecular flexibility index (Phi) is 3.88. The lowest BCUT2D eigenvalue weighted by Crippen LogP contribution is -2.02. The summed E-state index contributed by atoms with van der Waals surface area (Å²) in [6.45, 7) is 3.97. The van der Waals surface area contributed by atoms with Crippen LogP contribution in [0.5, 0.6) is 0 Å². The third kappa shape index (κ3) is 2.82. The molecule has 0 aliphatic heterocycles. The fraction of sp³-hybridized carbons (Fsp3) is 0.133. The van der Waals surface area contributed by atoms with Gasteiger partial charge in [0.25, 0.3) is 0 Å². The van der Waals surface area contributed by atoms with Crippen LogP contribution in [0.2, 0.25) is 5.02 Å². The van der Waals surface area contributed by atoms with Gasteiger partial charge in [-0.1, -0.05) is 28.8 Å². The number of ketones is 1. The van der Waals surface area contributed by atoms with Gasteiger partial charge in [-0.2, -0.15) is 0 Å². The number of halogens is 2. The SMILES string of the molecule is Cc1cc(C)cc(C(=O)c2ccc(Br)c(Cl)c2)c1. The van der Waals surface area contributed by atoms with Crippen molar-refractivity contribution >= 4 is 33.3 Å². The Hall–Kier alpha value is -1.12. The molecule has 18 heavy (non-hydrogen) atoms. The van der Waals surface area contributed by atoms with Gasteiger partial charge in [-0.25, -0.2) is 0 Å². The van der Waals surface area contributed by atoms with Crippen LogP contribution < -0.4 is 0 Å².